The van der Waals surface area contributed by atoms with E-state index >= 15 is 0 Å². The normalized spacial score (nSPS) is 14.2. The number of benzene rings is 2. The number of hydrogen-bond donors (Lipinski definition) is 1. The van der Waals surface area contributed by atoms with Crippen LogP contribution in [0.1, 0.15) is 18.4 Å². The summed E-state index contributed by atoms with van der Waals surface area (Å²) in [5.41, 5.74) is 0.943. The maximum Gasteiger partial charge on any atom is 0.322 e. The highest BCUT2D eigenvalue weighted by Crippen LogP contribution is 2.30. The van der Waals surface area contributed by atoms with Crippen LogP contribution in [0.5, 0.6) is 0 Å². The standard InChI is InChI=1S/C18H19FN2O3S/c1-25(23,24)17-8-3-2-7-16(17)20-18(22)21(15-9-10-15)12-13-5-4-6-14(19)11-13/h2-8,11,15H,9-10,12H2,1H3,(H,20,22). The fourth-order valence-electron chi connectivity index (χ4n) is 2.67. The van der Waals surface area contributed by atoms with Crippen LogP contribution in [-0.2, 0) is 16.4 Å². The fourth-order valence-corrected chi connectivity index (χ4v) is 3.51. The SMILES string of the molecule is CS(=O)(=O)c1ccccc1NC(=O)N(Cc1cccc(F)c1)C1CC1. The van der Waals surface area contributed by atoms with E-state index in [-0.39, 0.29) is 35.0 Å². The van der Waals surface area contributed by atoms with Crippen molar-refractivity contribution in [2.75, 3.05) is 11.6 Å². The predicted octanol–water partition coefficient (Wildman–Crippen LogP) is 3.43. The first-order valence-corrected chi connectivity index (χ1v) is 9.85. The molecule has 1 saturated carbocycles. The van der Waals surface area contributed by atoms with E-state index in [1.54, 1.807) is 35.2 Å². The lowest BCUT2D eigenvalue weighted by Gasteiger charge is -2.23. The zero-order valence-corrected chi connectivity index (χ0v) is 14.6. The van der Waals surface area contributed by atoms with Crippen LogP contribution in [0.25, 0.3) is 0 Å². The first-order chi connectivity index (χ1) is 11.8. The molecule has 2 amide bonds. The second-order valence-electron chi connectivity index (χ2n) is 6.19. The van der Waals surface area contributed by atoms with Gasteiger partial charge in [0.05, 0.1) is 10.6 Å². The number of para-hydroxylation sites is 1. The monoisotopic (exact) mass is 362 g/mol. The van der Waals surface area contributed by atoms with Gasteiger partial charge in [0.1, 0.15) is 5.82 Å². The number of amides is 2. The van der Waals surface area contributed by atoms with E-state index in [1.807, 2.05) is 0 Å². The second kappa shape index (κ2) is 6.84. The lowest BCUT2D eigenvalue weighted by molar-refractivity contribution is 0.206. The highest BCUT2D eigenvalue weighted by molar-refractivity contribution is 7.90. The third kappa shape index (κ3) is 4.36. The van der Waals surface area contributed by atoms with E-state index in [0.29, 0.717) is 5.56 Å². The average Bonchev–Trinajstić information content (AvgIpc) is 3.37. The molecule has 0 atom stereocenters. The summed E-state index contributed by atoms with van der Waals surface area (Å²) in [7, 11) is -3.46. The Morgan fingerprint density at radius 3 is 2.56 bits per heavy atom. The van der Waals surface area contributed by atoms with Gasteiger partial charge < -0.3 is 10.2 Å². The first-order valence-electron chi connectivity index (χ1n) is 7.96. The van der Waals surface area contributed by atoms with Crippen LogP contribution in [0.3, 0.4) is 0 Å². The summed E-state index contributed by atoms with van der Waals surface area (Å²) >= 11 is 0. The molecule has 132 valence electrons. The Bertz CT molecular complexity index is 895. The van der Waals surface area contributed by atoms with Gasteiger partial charge in [-0.1, -0.05) is 24.3 Å². The van der Waals surface area contributed by atoms with Crippen molar-refractivity contribution < 1.29 is 17.6 Å². The zero-order valence-electron chi connectivity index (χ0n) is 13.8. The van der Waals surface area contributed by atoms with Gasteiger partial charge in [0.25, 0.3) is 0 Å². The summed E-state index contributed by atoms with van der Waals surface area (Å²) in [6.45, 7) is 0.273. The smallest absolute Gasteiger partial charge is 0.317 e. The molecule has 1 N–H and O–H groups in total. The third-order valence-corrected chi connectivity index (χ3v) is 5.17. The number of nitrogens with zero attached hydrogens (tertiary/aromatic N) is 1. The van der Waals surface area contributed by atoms with E-state index < -0.39 is 9.84 Å². The molecule has 1 fully saturated rings. The number of rotatable bonds is 5. The van der Waals surface area contributed by atoms with Gasteiger partial charge in [-0.15, -0.1) is 0 Å². The molecule has 0 heterocycles. The molecule has 0 aliphatic heterocycles. The van der Waals surface area contributed by atoms with Crippen molar-refractivity contribution in [2.45, 2.75) is 30.3 Å². The topological polar surface area (TPSA) is 66.5 Å². The molecule has 2 aromatic carbocycles. The number of carbonyl (C=O) groups excluding carboxylic acids is 1. The minimum absolute atomic E-state index is 0.0739. The Kier molecular flexibility index (Phi) is 4.76. The molecular formula is C18H19FN2O3S. The minimum Gasteiger partial charge on any atom is -0.317 e. The Morgan fingerprint density at radius 1 is 1.20 bits per heavy atom. The van der Waals surface area contributed by atoms with Crippen molar-refractivity contribution >= 4 is 21.6 Å². The van der Waals surface area contributed by atoms with Gasteiger partial charge in [-0.05, 0) is 42.7 Å². The molecule has 1 aliphatic rings. The maximum absolute atomic E-state index is 13.4. The molecular weight excluding hydrogens is 343 g/mol. The number of anilines is 1. The van der Waals surface area contributed by atoms with Crippen LogP contribution < -0.4 is 5.32 Å². The van der Waals surface area contributed by atoms with Crippen LogP contribution in [0.4, 0.5) is 14.9 Å². The molecule has 2 aromatic rings. The highest BCUT2D eigenvalue weighted by atomic mass is 32.2. The summed E-state index contributed by atoms with van der Waals surface area (Å²) in [5.74, 6) is -0.351. The maximum atomic E-state index is 13.4. The second-order valence-corrected chi connectivity index (χ2v) is 8.17. The van der Waals surface area contributed by atoms with Crippen LogP contribution in [0.15, 0.2) is 53.4 Å². The number of sulfone groups is 1. The Hall–Kier alpha value is -2.41. The Balaban J connectivity index is 1.81. The Morgan fingerprint density at radius 2 is 1.92 bits per heavy atom. The van der Waals surface area contributed by atoms with Gasteiger partial charge in [0, 0.05) is 18.8 Å². The van der Waals surface area contributed by atoms with Crippen LogP contribution >= 0.6 is 0 Å². The highest BCUT2D eigenvalue weighted by Gasteiger charge is 2.33. The molecule has 1 aliphatic carbocycles. The average molecular weight is 362 g/mol. The summed E-state index contributed by atoms with van der Waals surface area (Å²) in [6.07, 6.45) is 2.87. The van der Waals surface area contributed by atoms with E-state index in [1.165, 1.54) is 18.2 Å². The van der Waals surface area contributed by atoms with E-state index in [4.69, 9.17) is 0 Å². The summed E-state index contributed by atoms with van der Waals surface area (Å²) in [6, 6.07) is 12.1. The number of hydrogen-bond acceptors (Lipinski definition) is 3. The zero-order chi connectivity index (χ0) is 18.0. The number of urea groups is 1. The van der Waals surface area contributed by atoms with Crippen LogP contribution in [-0.4, -0.2) is 31.6 Å². The number of nitrogens with one attached hydrogen (secondary N) is 1. The quantitative estimate of drug-likeness (QED) is 0.886. The van der Waals surface area contributed by atoms with E-state index in [2.05, 4.69) is 5.32 Å². The summed E-state index contributed by atoms with van der Waals surface area (Å²) in [5, 5.41) is 2.69. The van der Waals surface area contributed by atoms with Crippen molar-refractivity contribution in [2.24, 2.45) is 0 Å². The van der Waals surface area contributed by atoms with Gasteiger partial charge in [0.2, 0.25) is 0 Å². The molecule has 0 unspecified atom stereocenters. The lowest BCUT2D eigenvalue weighted by atomic mass is 10.2. The van der Waals surface area contributed by atoms with Gasteiger partial charge in [0.15, 0.2) is 9.84 Å². The Labute approximate surface area is 146 Å². The largest absolute Gasteiger partial charge is 0.322 e. The van der Waals surface area contributed by atoms with E-state index in [9.17, 15) is 17.6 Å². The lowest BCUT2D eigenvalue weighted by Crippen LogP contribution is -2.36. The third-order valence-electron chi connectivity index (χ3n) is 4.02. The number of halogens is 1. The molecule has 5 nitrogen and oxygen atoms in total. The molecule has 0 saturated heterocycles. The molecule has 7 heteroatoms. The summed E-state index contributed by atoms with van der Waals surface area (Å²) < 4.78 is 37.1. The van der Waals surface area contributed by atoms with Crippen molar-refractivity contribution in [1.82, 2.24) is 4.90 Å². The van der Waals surface area contributed by atoms with Crippen molar-refractivity contribution in [1.29, 1.82) is 0 Å². The first kappa shape index (κ1) is 17.4. The molecule has 0 spiro atoms. The minimum atomic E-state index is -3.46. The molecule has 0 bridgehead atoms. The van der Waals surface area contributed by atoms with Gasteiger partial charge in [-0.3, -0.25) is 0 Å². The fraction of sp³-hybridized carbons (Fsp3) is 0.278. The summed E-state index contributed by atoms with van der Waals surface area (Å²) in [4.78, 5) is 14.4. The molecule has 0 aromatic heterocycles. The predicted molar refractivity (Wildman–Crippen MR) is 93.5 cm³/mol. The van der Waals surface area contributed by atoms with Crippen molar-refractivity contribution in [3.05, 3.63) is 59.9 Å². The molecule has 25 heavy (non-hydrogen) atoms. The van der Waals surface area contributed by atoms with Gasteiger partial charge in [-0.25, -0.2) is 17.6 Å². The van der Waals surface area contributed by atoms with Gasteiger partial charge >= 0.3 is 6.03 Å². The van der Waals surface area contributed by atoms with Crippen LogP contribution in [0.2, 0.25) is 0 Å². The van der Waals surface area contributed by atoms with E-state index in [0.717, 1.165) is 19.1 Å². The van der Waals surface area contributed by atoms with Crippen molar-refractivity contribution in [3.63, 3.8) is 0 Å². The number of carbonyl (C=O) groups is 1. The molecule has 3 rings (SSSR count). The molecule has 0 radical (unpaired) electrons. The van der Waals surface area contributed by atoms with Gasteiger partial charge in [-0.2, -0.15) is 0 Å². The van der Waals surface area contributed by atoms with Crippen LogP contribution in [0, 0.1) is 5.82 Å². The van der Waals surface area contributed by atoms with Crippen molar-refractivity contribution in [3.8, 4) is 0 Å².